The van der Waals surface area contributed by atoms with E-state index in [4.69, 9.17) is 4.98 Å². The van der Waals surface area contributed by atoms with E-state index in [2.05, 4.69) is 159 Å². The van der Waals surface area contributed by atoms with Crippen molar-refractivity contribution >= 4 is 76.7 Å². The van der Waals surface area contributed by atoms with E-state index in [-0.39, 0.29) is 0 Å². The lowest BCUT2D eigenvalue weighted by atomic mass is 10.0. The molecule has 0 aliphatic rings. The van der Waals surface area contributed by atoms with E-state index in [1.807, 2.05) is 0 Å². The van der Waals surface area contributed by atoms with Crippen molar-refractivity contribution in [3.05, 3.63) is 146 Å². The monoisotopic (exact) mass is 572 g/mol. The smallest absolute Gasteiger partial charge is 0.220 e. The third-order valence-corrected chi connectivity index (χ3v) is 9.73. The molecule has 0 atom stereocenters. The van der Waals surface area contributed by atoms with Gasteiger partial charge in [-0.3, -0.25) is 8.80 Å². The Kier molecular flexibility index (Phi) is 4.29. The summed E-state index contributed by atoms with van der Waals surface area (Å²) in [6.07, 6.45) is 0. The fourth-order valence-electron chi connectivity index (χ4n) is 7.76. The highest BCUT2D eigenvalue weighted by molar-refractivity contribution is 6.19. The number of imidazole rings is 2. The van der Waals surface area contributed by atoms with Crippen molar-refractivity contribution in [3.63, 3.8) is 0 Å². The Bertz CT molecular complexity index is 2920. The molecule has 4 nitrogen and oxygen atoms in total. The quantitative estimate of drug-likeness (QED) is 0.202. The molecule has 0 spiro atoms. The zero-order valence-corrected chi connectivity index (χ0v) is 24.1. The molecule has 0 aliphatic carbocycles. The number of para-hydroxylation sites is 4. The number of aromatic nitrogens is 4. The van der Waals surface area contributed by atoms with Crippen LogP contribution in [-0.4, -0.2) is 18.4 Å². The zero-order valence-electron chi connectivity index (χ0n) is 24.1. The molecule has 0 amide bonds. The first-order valence-electron chi connectivity index (χ1n) is 15.4. The van der Waals surface area contributed by atoms with Gasteiger partial charge in [0.15, 0.2) is 0 Å². The van der Waals surface area contributed by atoms with Crippen LogP contribution in [0.4, 0.5) is 0 Å². The molecule has 45 heavy (non-hydrogen) atoms. The van der Waals surface area contributed by atoms with Gasteiger partial charge >= 0.3 is 0 Å². The normalized spacial score (nSPS) is 12.4. The van der Waals surface area contributed by atoms with Crippen molar-refractivity contribution < 1.29 is 0 Å². The highest BCUT2D eigenvalue weighted by atomic mass is 15.2. The Hall–Kier alpha value is -6.13. The second-order valence-electron chi connectivity index (χ2n) is 12.1. The maximum atomic E-state index is 5.15. The van der Waals surface area contributed by atoms with Gasteiger partial charge in [-0.15, -0.1) is 0 Å². The molecule has 11 rings (SSSR count). The van der Waals surface area contributed by atoms with Gasteiger partial charge < -0.3 is 4.57 Å². The Morgan fingerprint density at radius 1 is 0.400 bits per heavy atom. The van der Waals surface area contributed by atoms with E-state index >= 15 is 0 Å². The molecule has 4 heterocycles. The molecular weight excluding hydrogens is 548 g/mol. The van der Waals surface area contributed by atoms with Crippen LogP contribution in [0.3, 0.4) is 0 Å². The molecule has 0 bridgehead atoms. The van der Waals surface area contributed by atoms with Gasteiger partial charge in [0, 0.05) is 27.2 Å². The molecule has 0 unspecified atom stereocenters. The molecule has 4 heteroatoms. The van der Waals surface area contributed by atoms with Crippen LogP contribution >= 0.6 is 0 Å². The highest BCUT2D eigenvalue weighted by Crippen LogP contribution is 2.41. The summed E-state index contributed by atoms with van der Waals surface area (Å²) in [7, 11) is 0. The third kappa shape index (κ3) is 2.98. The van der Waals surface area contributed by atoms with Gasteiger partial charge in [-0.1, -0.05) is 84.9 Å². The average Bonchev–Trinajstić information content (AvgIpc) is 3.82. The van der Waals surface area contributed by atoms with Gasteiger partial charge in [0.1, 0.15) is 0 Å². The summed E-state index contributed by atoms with van der Waals surface area (Å²) in [6.45, 7) is 0. The van der Waals surface area contributed by atoms with E-state index in [1.54, 1.807) is 0 Å². The molecule has 4 aromatic heterocycles. The van der Waals surface area contributed by atoms with Gasteiger partial charge in [0.05, 0.1) is 38.6 Å². The van der Waals surface area contributed by atoms with E-state index in [0.29, 0.717) is 0 Å². The minimum Gasteiger partial charge on any atom is -0.309 e. The molecule has 0 saturated carbocycles. The van der Waals surface area contributed by atoms with Crippen molar-refractivity contribution in [1.29, 1.82) is 0 Å². The minimum atomic E-state index is 0.959. The van der Waals surface area contributed by atoms with Gasteiger partial charge in [-0.05, 0) is 82.6 Å². The molecule has 11 aromatic rings. The number of nitrogens with zero attached hydrogens (tertiary/aromatic N) is 4. The summed E-state index contributed by atoms with van der Waals surface area (Å²) in [4.78, 5) is 5.15. The average molecular weight is 573 g/mol. The van der Waals surface area contributed by atoms with Crippen LogP contribution < -0.4 is 0 Å². The molecule has 0 N–H and O–H groups in total. The van der Waals surface area contributed by atoms with Crippen LogP contribution in [0.15, 0.2) is 146 Å². The van der Waals surface area contributed by atoms with Crippen molar-refractivity contribution in [2.75, 3.05) is 0 Å². The first-order chi connectivity index (χ1) is 22.3. The summed E-state index contributed by atoms with van der Waals surface area (Å²) >= 11 is 0. The standard InChI is InChI=1S/C41H24N4/c1-2-10-27-23-38-32(21-26(27)9-1)33-22-28(24-39-40(33)45(38)41-42-34-13-5-8-16-37(34)44(39)41)25-17-19-29(20-18-25)43-35-14-6-3-11-30(35)31-12-4-7-15-36(31)43/h1-24H. The molecule has 0 radical (unpaired) electrons. The van der Waals surface area contributed by atoms with Crippen molar-refractivity contribution in [3.8, 4) is 16.8 Å². The first kappa shape index (κ1) is 23.3. The fraction of sp³-hybridized carbons (Fsp3) is 0. The van der Waals surface area contributed by atoms with Crippen molar-refractivity contribution in [2.45, 2.75) is 0 Å². The van der Waals surface area contributed by atoms with Crippen molar-refractivity contribution in [1.82, 2.24) is 18.4 Å². The van der Waals surface area contributed by atoms with Gasteiger partial charge in [-0.25, -0.2) is 4.98 Å². The number of rotatable bonds is 2. The molecule has 208 valence electrons. The van der Waals surface area contributed by atoms with Crippen LogP contribution in [0.5, 0.6) is 0 Å². The van der Waals surface area contributed by atoms with Gasteiger partial charge in [0.25, 0.3) is 0 Å². The van der Waals surface area contributed by atoms with E-state index in [9.17, 15) is 0 Å². The predicted octanol–water partition coefficient (Wildman–Crippen LogP) is 10.4. The fourth-order valence-corrected chi connectivity index (χ4v) is 7.76. The van der Waals surface area contributed by atoms with Crippen LogP contribution in [0.25, 0.3) is 93.5 Å². The largest absolute Gasteiger partial charge is 0.309 e. The number of benzene rings is 7. The topological polar surface area (TPSA) is 26.6 Å². The Labute approximate surface area is 256 Å². The lowest BCUT2D eigenvalue weighted by molar-refractivity contribution is 1.18. The maximum Gasteiger partial charge on any atom is 0.220 e. The zero-order chi connectivity index (χ0) is 29.2. The van der Waals surface area contributed by atoms with Crippen molar-refractivity contribution in [2.24, 2.45) is 0 Å². The van der Waals surface area contributed by atoms with Crippen LogP contribution in [0.1, 0.15) is 0 Å². The second kappa shape index (κ2) is 8.28. The summed E-state index contributed by atoms with van der Waals surface area (Å²) in [6, 6.07) is 52.9. The molecule has 7 aromatic carbocycles. The number of hydrogen-bond donors (Lipinski definition) is 0. The van der Waals surface area contributed by atoms with E-state index in [0.717, 1.165) is 22.5 Å². The van der Waals surface area contributed by atoms with Gasteiger partial charge in [0.2, 0.25) is 5.78 Å². The molecule has 0 saturated heterocycles. The maximum absolute atomic E-state index is 5.15. The first-order valence-corrected chi connectivity index (χ1v) is 15.4. The SMILES string of the molecule is c1ccc2cc3c(cc2c1)c1cc(-c2ccc(-n4c5ccccc5c5ccccc54)cc2)cc2c1n3c1nc3ccccc3n21. The van der Waals surface area contributed by atoms with Gasteiger partial charge in [-0.2, -0.15) is 0 Å². The lowest BCUT2D eigenvalue weighted by Crippen LogP contribution is -1.93. The van der Waals surface area contributed by atoms with Crippen LogP contribution in [0, 0.1) is 0 Å². The molecular formula is C41H24N4. The lowest BCUT2D eigenvalue weighted by Gasteiger charge is -2.10. The number of hydrogen-bond acceptors (Lipinski definition) is 1. The second-order valence-corrected chi connectivity index (χ2v) is 12.1. The Morgan fingerprint density at radius 3 is 1.80 bits per heavy atom. The molecule has 0 aliphatic heterocycles. The summed E-state index contributed by atoms with van der Waals surface area (Å²) in [5.41, 5.74) is 11.7. The number of fused-ring (bicyclic) bond motifs is 12. The molecule has 0 fully saturated rings. The van der Waals surface area contributed by atoms with E-state index < -0.39 is 0 Å². The van der Waals surface area contributed by atoms with Crippen LogP contribution in [-0.2, 0) is 0 Å². The summed E-state index contributed by atoms with van der Waals surface area (Å²) in [5, 5.41) is 7.55. The summed E-state index contributed by atoms with van der Waals surface area (Å²) in [5.74, 6) is 0.959. The summed E-state index contributed by atoms with van der Waals surface area (Å²) < 4.78 is 7.07. The predicted molar refractivity (Wildman–Crippen MR) is 187 cm³/mol. The highest BCUT2D eigenvalue weighted by Gasteiger charge is 2.22. The minimum absolute atomic E-state index is 0.959. The third-order valence-electron chi connectivity index (χ3n) is 9.73. The van der Waals surface area contributed by atoms with Crippen LogP contribution in [0.2, 0.25) is 0 Å². The Balaban J connectivity index is 1.19. The Morgan fingerprint density at radius 2 is 1.04 bits per heavy atom. The van der Waals surface area contributed by atoms with E-state index in [1.165, 1.54) is 71.0 Å².